The molecule has 0 saturated heterocycles. The molecule has 1 heterocycles. The van der Waals surface area contributed by atoms with Crippen molar-refractivity contribution in [1.29, 1.82) is 0 Å². The number of thiophene rings is 1. The Labute approximate surface area is 115 Å². The second kappa shape index (κ2) is 6.29. The maximum Gasteiger partial charge on any atom is 0.310 e. The van der Waals surface area contributed by atoms with Crippen LogP contribution in [0.1, 0.15) is 20.1 Å². The van der Waals surface area contributed by atoms with E-state index < -0.39 is 0 Å². The van der Waals surface area contributed by atoms with Gasteiger partial charge in [-0.3, -0.25) is 9.59 Å². The summed E-state index contributed by atoms with van der Waals surface area (Å²) in [6.07, 6.45) is 0.192. The van der Waals surface area contributed by atoms with E-state index >= 15 is 0 Å². The van der Waals surface area contributed by atoms with E-state index in [0.717, 1.165) is 10.4 Å². The van der Waals surface area contributed by atoms with Gasteiger partial charge in [-0.15, -0.1) is 11.3 Å². The van der Waals surface area contributed by atoms with Crippen LogP contribution in [0.4, 0.5) is 0 Å². The molecule has 0 aliphatic heterocycles. The van der Waals surface area contributed by atoms with Crippen molar-refractivity contribution in [2.24, 2.45) is 0 Å². The summed E-state index contributed by atoms with van der Waals surface area (Å²) in [4.78, 5) is 25.0. The molecule has 0 radical (unpaired) electrons. The third-order valence-corrected chi connectivity index (χ3v) is 3.61. The maximum absolute atomic E-state index is 11.7. The number of Topliss-reactive ketones (excluding diaryl/α,β-unsaturated/α-hetero) is 1. The first-order valence-corrected chi connectivity index (χ1v) is 6.76. The van der Waals surface area contributed by atoms with Crippen LogP contribution >= 0.6 is 11.3 Å². The van der Waals surface area contributed by atoms with Gasteiger partial charge in [-0.2, -0.15) is 0 Å². The maximum atomic E-state index is 11.7. The number of hydrogen-bond acceptors (Lipinski definition) is 4. The van der Waals surface area contributed by atoms with Crippen molar-refractivity contribution in [3.05, 3.63) is 57.8 Å². The monoisotopic (exact) mass is 274 g/mol. The Hall–Kier alpha value is -1.94. The molecule has 2 rings (SSSR count). The van der Waals surface area contributed by atoms with Gasteiger partial charge >= 0.3 is 5.97 Å². The molecule has 0 unspecified atom stereocenters. The molecule has 1 aromatic heterocycles. The molecule has 0 fully saturated rings. The van der Waals surface area contributed by atoms with E-state index in [2.05, 4.69) is 0 Å². The number of ketones is 1. The fourth-order valence-corrected chi connectivity index (χ4v) is 2.41. The molecular formula is C15H14O3S. The van der Waals surface area contributed by atoms with E-state index in [9.17, 15) is 9.59 Å². The Morgan fingerprint density at radius 1 is 1.11 bits per heavy atom. The molecule has 0 amide bonds. The van der Waals surface area contributed by atoms with Crippen LogP contribution in [-0.4, -0.2) is 18.4 Å². The number of hydrogen-bond donors (Lipinski definition) is 0. The fourth-order valence-electron chi connectivity index (χ4n) is 1.62. The lowest BCUT2D eigenvalue weighted by Gasteiger charge is -2.03. The summed E-state index contributed by atoms with van der Waals surface area (Å²) < 4.78 is 4.99. The van der Waals surface area contributed by atoms with Crippen LogP contribution in [0.15, 0.2) is 42.5 Å². The van der Waals surface area contributed by atoms with Crippen LogP contribution in [0.3, 0.4) is 0 Å². The Kier molecular flexibility index (Phi) is 4.47. The second-order valence-electron chi connectivity index (χ2n) is 4.16. The molecule has 0 aliphatic rings. The highest BCUT2D eigenvalue weighted by molar-refractivity contribution is 7.14. The van der Waals surface area contributed by atoms with Gasteiger partial charge in [0.15, 0.2) is 6.61 Å². The van der Waals surface area contributed by atoms with Crippen molar-refractivity contribution in [2.75, 3.05) is 6.61 Å². The molecule has 3 nitrogen and oxygen atoms in total. The summed E-state index contributed by atoms with van der Waals surface area (Å²) in [5.41, 5.74) is 0.881. The van der Waals surface area contributed by atoms with Gasteiger partial charge in [0, 0.05) is 4.88 Å². The van der Waals surface area contributed by atoms with Crippen molar-refractivity contribution in [3.63, 3.8) is 0 Å². The molecular weight excluding hydrogens is 260 g/mol. The molecule has 0 aliphatic carbocycles. The first kappa shape index (κ1) is 13.5. The lowest BCUT2D eigenvalue weighted by molar-refractivity contribution is -0.141. The number of ether oxygens (including phenoxy) is 1. The van der Waals surface area contributed by atoms with Crippen LogP contribution in [0.2, 0.25) is 0 Å². The predicted octanol–water partition coefficient (Wildman–Crippen LogP) is 3.03. The van der Waals surface area contributed by atoms with Crippen LogP contribution in [0.25, 0.3) is 0 Å². The van der Waals surface area contributed by atoms with Crippen molar-refractivity contribution in [2.45, 2.75) is 13.3 Å². The van der Waals surface area contributed by atoms with Gasteiger partial charge in [0.05, 0.1) is 11.3 Å². The van der Waals surface area contributed by atoms with E-state index in [4.69, 9.17) is 4.74 Å². The summed E-state index contributed by atoms with van der Waals surface area (Å²) in [6.45, 7) is 1.74. The van der Waals surface area contributed by atoms with Crippen LogP contribution in [0, 0.1) is 6.92 Å². The Bertz CT molecular complexity index is 572. The van der Waals surface area contributed by atoms with Crippen molar-refractivity contribution >= 4 is 23.1 Å². The first-order valence-electron chi connectivity index (χ1n) is 5.94. The summed E-state index contributed by atoms with van der Waals surface area (Å²) in [5.74, 6) is -0.535. The van der Waals surface area contributed by atoms with E-state index in [-0.39, 0.29) is 24.8 Å². The Morgan fingerprint density at radius 2 is 1.84 bits per heavy atom. The molecule has 4 heteroatoms. The quantitative estimate of drug-likeness (QED) is 0.622. The summed E-state index contributed by atoms with van der Waals surface area (Å²) >= 11 is 1.41. The number of carbonyl (C=O) groups excluding carboxylic acids is 2. The van der Waals surface area contributed by atoms with E-state index in [1.54, 1.807) is 6.07 Å². The minimum atomic E-state index is -0.382. The lowest BCUT2D eigenvalue weighted by atomic mass is 10.2. The number of benzene rings is 1. The molecule has 0 spiro atoms. The SMILES string of the molecule is Cc1ccc(C(=O)COC(=O)Cc2ccccc2)s1. The van der Waals surface area contributed by atoms with Gasteiger partial charge < -0.3 is 4.74 Å². The minimum absolute atomic E-state index is 0.153. The van der Waals surface area contributed by atoms with Gasteiger partial charge in [0.2, 0.25) is 5.78 Å². The summed E-state index contributed by atoms with van der Waals surface area (Å²) in [6, 6.07) is 13.0. The molecule has 2 aromatic rings. The number of carbonyl (C=O) groups is 2. The molecule has 1 aromatic carbocycles. The van der Waals surface area contributed by atoms with E-state index in [1.807, 2.05) is 43.3 Å². The highest BCUT2D eigenvalue weighted by Gasteiger charge is 2.11. The van der Waals surface area contributed by atoms with Crippen LogP contribution < -0.4 is 0 Å². The average molecular weight is 274 g/mol. The highest BCUT2D eigenvalue weighted by Crippen LogP contribution is 2.15. The molecule has 0 saturated carbocycles. The zero-order valence-electron chi connectivity index (χ0n) is 10.6. The van der Waals surface area contributed by atoms with Gasteiger partial charge in [-0.1, -0.05) is 30.3 Å². The predicted molar refractivity (Wildman–Crippen MR) is 74.5 cm³/mol. The molecule has 0 N–H and O–H groups in total. The number of aryl methyl sites for hydroxylation is 1. The molecule has 19 heavy (non-hydrogen) atoms. The zero-order chi connectivity index (χ0) is 13.7. The molecule has 0 bridgehead atoms. The van der Waals surface area contributed by atoms with Crippen molar-refractivity contribution in [1.82, 2.24) is 0 Å². The minimum Gasteiger partial charge on any atom is -0.457 e. The third kappa shape index (κ3) is 4.03. The highest BCUT2D eigenvalue weighted by atomic mass is 32.1. The van der Waals surface area contributed by atoms with Crippen molar-refractivity contribution in [3.8, 4) is 0 Å². The van der Waals surface area contributed by atoms with Crippen molar-refractivity contribution < 1.29 is 14.3 Å². The fraction of sp³-hybridized carbons (Fsp3) is 0.200. The van der Waals surface area contributed by atoms with E-state index in [1.165, 1.54) is 11.3 Å². The Morgan fingerprint density at radius 3 is 2.47 bits per heavy atom. The largest absolute Gasteiger partial charge is 0.457 e. The molecule has 98 valence electrons. The first-order chi connectivity index (χ1) is 9.15. The zero-order valence-corrected chi connectivity index (χ0v) is 11.4. The third-order valence-electron chi connectivity index (χ3n) is 2.57. The topological polar surface area (TPSA) is 43.4 Å². The second-order valence-corrected chi connectivity index (χ2v) is 5.44. The van der Waals surface area contributed by atoms with Gasteiger partial charge in [0.1, 0.15) is 0 Å². The standard InChI is InChI=1S/C15H14O3S/c1-11-7-8-14(19-11)13(16)10-18-15(17)9-12-5-3-2-4-6-12/h2-8H,9-10H2,1H3. The Balaban J connectivity index is 1.82. The number of rotatable bonds is 5. The molecule has 0 atom stereocenters. The lowest BCUT2D eigenvalue weighted by Crippen LogP contribution is -2.14. The number of esters is 1. The average Bonchev–Trinajstić information content (AvgIpc) is 2.84. The smallest absolute Gasteiger partial charge is 0.310 e. The van der Waals surface area contributed by atoms with Gasteiger partial charge in [-0.05, 0) is 24.6 Å². The van der Waals surface area contributed by atoms with Gasteiger partial charge in [0.25, 0.3) is 0 Å². The normalized spacial score (nSPS) is 10.2. The van der Waals surface area contributed by atoms with E-state index in [0.29, 0.717) is 4.88 Å². The summed E-state index contributed by atoms with van der Waals surface area (Å²) in [7, 11) is 0. The van der Waals surface area contributed by atoms with Gasteiger partial charge in [-0.25, -0.2) is 0 Å². The summed E-state index contributed by atoms with van der Waals surface area (Å²) in [5, 5.41) is 0. The van der Waals surface area contributed by atoms with Crippen LogP contribution in [0.5, 0.6) is 0 Å². The van der Waals surface area contributed by atoms with Crippen LogP contribution in [-0.2, 0) is 16.0 Å².